The quantitative estimate of drug-likeness (QED) is 0.167. The van der Waals surface area contributed by atoms with Gasteiger partial charge < -0.3 is 4.57 Å². The normalized spacial score (nSPS) is 12.7. The summed E-state index contributed by atoms with van der Waals surface area (Å²) in [5.74, 6) is 0. The average Bonchev–Trinajstić information content (AvgIpc) is 3.46. The summed E-state index contributed by atoms with van der Waals surface area (Å²) in [7, 11) is 0. The van der Waals surface area contributed by atoms with E-state index in [-0.39, 0.29) is 50.6 Å². The third kappa shape index (κ3) is 6.84. The molecule has 0 amide bonds. The van der Waals surface area contributed by atoms with Crippen LogP contribution < -0.4 is 0 Å². The zero-order valence-corrected chi connectivity index (χ0v) is 27.3. The molecule has 2 aromatic heterocycles. The molecule has 5 aromatic carbocycles. The Kier molecular flexibility index (Phi) is 8.71. The zero-order chi connectivity index (χ0) is 39.7. The van der Waals surface area contributed by atoms with Crippen molar-refractivity contribution in [2.75, 3.05) is 0 Å². The maximum absolute atomic E-state index is 14.2. The molecule has 7 aromatic rings. The number of halogens is 12. The van der Waals surface area contributed by atoms with Gasteiger partial charge >= 0.3 is 24.7 Å². The second-order valence-corrected chi connectivity index (χ2v) is 12.4. The highest BCUT2D eigenvalue weighted by atomic mass is 19.4. The zero-order valence-electron chi connectivity index (χ0n) is 27.3. The number of nitriles is 1. The molecule has 7 rings (SSSR count). The first kappa shape index (κ1) is 37.0. The number of rotatable bonds is 4. The van der Waals surface area contributed by atoms with Crippen LogP contribution in [0.25, 0.3) is 60.9 Å². The van der Waals surface area contributed by atoms with Crippen molar-refractivity contribution in [3.8, 4) is 45.1 Å². The lowest BCUT2D eigenvalue weighted by Gasteiger charge is -2.16. The smallest absolute Gasteiger partial charge is 0.309 e. The van der Waals surface area contributed by atoms with Gasteiger partial charge in [-0.3, -0.25) is 4.98 Å². The third-order valence-corrected chi connectivity index (χ3v) is 9.06. The Bertz CT molecular complexity index is 2530. The lowest BCUT2D eigenvalue weighted by atomic mass is 9.94. The Morgan fingerprint density at radius 2 is 0.909 bits per heavy atom. The largest absolute Gasteiger partial charge is 0.417 e. The highest BCUT2D eigenvalue weighted by Gasteiger charge is 2.40. The average molecular weight is 770 g/mol. The Balaban J connectivity index is 1.51. The molecule has 278 valence electrons. The van der Waals surface area contributed by atoms with E-state index in [2.05, 4.69) is 11.1 Å². The van der Waals surface area contributed by atoms with E-state index in [9.17, 15) is 57.9 Å². The summed E-state index contributed by atoms with van der Waals surface area (Å²) < 4.78 is 168. The molecular formula is C40H19F12N3. The molecule has 0 atom stereocenters. The molecule has 15 heteroatoms. The molecule has 0 spiro atoms. The van der Waals surface area contributed by atoms with Crippen LogP contribution in [0.3, 0.4) is 0 Å². The maximum atomic E-state index is 14.2. The van der Waals surface area contributed by atoms with Crippen LogP contribution in [0.2, 0.25) is 0 Å². The topological polar surface area (TPSA) is 41.6 Å². The summed E-state index contributed by atoms with van der Waals surface area (Å²) in [5, 5.41) is 10.4. The fourth-order valence-electron chi connectivity index (χ4n) is 6.60. The van der Waals surface area contributed by atoms with Crippen LogP contribution in [0, 0.1) is 11.3 Å². The van der Waals surface area contributed by atoms with Gasteiger partial charge in [0.15, 0.2) is 0 Å². The lowest BCUT2D eigenvalue weighted by Crippen LogP contribution is -2.12. The van der Waals surface area contributed by atoms with Gasteiger partial charge in [0.25, 0.3) is 0 Å². The first-order chi connectivity index (χ1) is 25.8. The van der Waals surface area contributed by atoms with Crippen LogP contribution in [-0.2, 0) is 24.7 Å². The van der Waals surface area contributed by atoms with Crippen molar-refractivity contribution in [2.45, 2.75) is 24.7 Å². The van der Waals surface area contributed by atoms with Crippen LogP contribution in [0.5, 0.6) is 0 Å². The van der Waals surface area contributed by atoms with Gasteiger partial charge in [0.1, 0.15) is 0 Å². The molecule has 0 N–H and O–H groups in total. The summed E-state index contributed by atoms with van der Waals surface area (Å²) in [6, 6.07) is 20.3. The molecule has 0 radical (unpaired) electrons. The number of hydrogen-bond acceptors (Lipinski definition) is 2. The van der Waals surface area contributed by atoms with E-state index in [4.69, 9.17) is 0 Å². The minimum Gasteiger partial charge on any atom is -0.309 e. The van der Waals surface area contributed by atoms with Crippen LogP contribution in [0.15, 0.2) is 116 Å². The Hall–Kier alpha value is -6.30. The number of nitrogens with zero attached hydrogens (tertiary/aromatic N) is 3. The van der Waals surface area contributed by atoms with Gasteiger partial charge in [-0.2, -0.15) is 57.9 Å². The Morgan fingerprint density at radius 3 is 1.33 bits per heavy atom. The molecule has 2 heterocycles. The van der Waals surface area contributed by atoms with Crippen LogP contribution in [0.1, 0.15) is 27.8 Å². The van der Waals surface area contributed by atoms with Crippen molar-refractivity contribution < 1.29 is 52.7 Å². The molecule has 0 aliphatic rings. The number of alkyl halides is 12. The molecule has 0 bridgehead atoms. The number of benzene rings is 5. The molecule has 0 aliphatic heterocycles. The van der Waals surface area contributed by atoms with Gasteiger partial charge in [0.2, 0.25) is 0 Å². The van der Waals surface area contributed by atoms with E-state index in [0.717, 1.165) is 0 Å². The minimum atomic E-state index is -5.23. The standard InChI is InChI=1S/C40H19F12N3/c41-37(42,43)25-3-6-29(33(18-25)39(47,48)49)22-1-9-35-31(16-22)32-17-23(30-7-4-26(38(44,45)46)19-34(30)40(50,51)52)2-10-36(32)55(35)27-5-8-28(24(15-27)20-53)21-11-13-54-14-12-21/h1-19H. The molecule has 3 nitrogen and oxygen atoms in total. The molecule has 0 saturated carbocycles. The maximum Gasteiger partial charge on any atom is 0.417 e. The van der Waals surface area contributed by atoms with Gasteiger partial charge in [-0.1, -0.05) is 30.3 Å². The highest BCUT2D eigenvalue weighted by Crippen LogP contribution is 2.45. The monoisotopic (exact) mass is 769 g/mol. The van der Waals surface area contributed by atoms with Crippen molar-refractivity contribution in [3.05, 3.63) is 143 Å². The van der Waals surface area contributed by atoms with Crippen molar-refractivity contribution in [1.29, 1.82) is 5.26 Å². The molecule has 0 unspecified atom stereocenters. The van der Waals surface area contributed by atoms with Crippen molar-refractivity contribution in [1.82, 2.24) is 9.55 Å². The predicted molar refractivity (Wildman–Crippen MR) is 180 cm³/mol. The van der Waals surface area contributed by atoms with E-state index in [0.29, 0.717) is 41.1 Å². The SMILES string of the molecule is N#Cc1cc(-n2c3ccc(-c4ccc(C(F)(F)F)cc4C(F)(F)F)cc3c3cc(-c4ccc(C(F)(F)F)cc4C(F)(F)F)ccc32)ccc1-c1ccncc1. The van der Waals surface area contributed by atoms with Gasteiger partial charge in [0, 0.05) is 28.9 Å². The van der Waals surface area contributed by atoms with Gasteiger partial charge in [-0.05, 0) is 106 Å². The van der Waals surface area contributed by atoms with E-state index < -0.39 is 58.1 Å². The van der Waals surface area contributed by atoms with E-state index in [1.807, 2.05) is 0 Å². The predicted octanol–water partition coefficient (Wildman–Crippen LogP) is 13.1. The van der Waals surface area contributed by atoms with Crippen molar-refractivity contribution in [3.63, 3.8) is 0 Å². The number of aromatic nitrogens is 2. The number of pyridine rings is 1. The van der Waals surface area contributed by atoms with Gasteiger partial charge in [0.05, 0.1) is 44.9 Å². The van der Waals surface area contributed by atoms with E-state index in [1.165, 1.54) is 54.9 Å². The van der Waals surface area contributed by atoms with Gasteiger partial charge in [-0.25, -0.2) is 0 Å². The third-order valence-electron chi connectivity index (χ3n) is 9.06. The van der Waals surface area contributed by atoms with Crippen LogP contribution in [-0.4, -0.2) is 9.55 Å². The second-order valence-electron chi connectivity index (χ2n) is 12.4. The molecule has 0 fully saturated rings. The molecule has 0 aliphatic carbocycles. The number of hydrogen-bond donors (Lipinski definition) is 0. The summed E-state index contributed by atoms with van der Waals surface area (Å²) in [6.07, 6.45) is -17.6. The fourth-order valence-corrected chi connectivity index (χ4v) is 6.60. The number of fused-ring (bicyclic) bond motifs is 3. The Labute approximate surface area is 302 Å². The highest BCUT2D eigenvalue weighted by molar-refractivity contribution is 6.12. The minimum absolute atomic E-state index is 0.0159. The first-order valence-electron chi connectivity index (χ1n) is 15.9. The molecular weight excluding hydrogens is 750 g/mol. The summed E-state index contributed by atoms with van der Waals surface area (Å²) in [4.78, 5) is 3.97. The fraction of sp³-hybridized carbons (Fsp3) is 0.100. The van der Waals surface area contributed by atoms with Crippen LogP contribution >= 0.6 is 0 Å². The van der Waals surface area contributed by atoms with Gasteiger partial charge in [-0.15, -0.1) is 0 Å². The molecule has 0 saturated heterocycles. The summed E-state index contributed by atoms with van der Waals surface area (Å²) in [5.41, 5.74) is -5.55. The second kappa shape index (κ2) is 12.9. The van der Waals surface area contributed by atoms with Crippen molar-refractivity contribution >= 4 is 21.8 Å². The lowest BCUT2D eigenvalue weighted by molar-refractivity contribution is -0.144. The summed E-state index contributed by atoms with van der Waals surface area (Å²) in [6.45, 7) is 0. The summed E-state index contributed by atoms with van der Waals surface area (Å²) >= 11 is 0. The van der Waals surface area contributed by atoms with Crippen molar-refractivity contribution in [2.24, 2.45) is 0 Å². The van der Waals surface area contributed by atoms with E-state index in [1.54, 1.807) is 28.8 Å². The van der Waals surface area contributed by atoms with Crippen LogP contribution in [0.4, 0.5) is 52.7 Å². The first-order valence-corrected chi connectivity index (χ1v) is 15.9. The Morgan fingerprint density at radius 1 is 0.455 bits per heavy atom. The van der Waals surface area contributed by atoms with E-state index >= 15 is 0 Å². The molecule has 55 heavy (non-hydrogen) atoms.